The van der Waals surface area contributed by atoms with Crippen molar-refractivity contribution < 1.29 is 46.1 Å². The molecule has 5 atom stereocenters. The van der Waals surface area contributed by atoms with E-state index in [4.69, 9.17) is 28.1 Å². The molecule has 0 aliphatic carbocycles. The molecular formula is C52H56F3N3O9Si. The molecule has 0 bridgehead atoms. The average Bonchev–Trinajstić information content (AvgIpc) is 3.70. The van der Waals surface area contributed by atoms with Crippen molar-refractivity contribution in [2.75, 3.05) is 27.9 Å². The molecule has 1 saturated heterocycles. The molecule has 2 N–H and O–H groups in total. The maximum Gasteiger partial charge on any atom is 0.471 e. The van der Waals surface area contributed by atoms with Gasteiger partial charge in [-0.3, -0.25) is 19.1 Å². The van der Waals surface area contributed by atoms with Gasteiger partial charge in [0.1, 0.15) is 35.4 Å². The van der Waals surface area contributed by atoms with Crippen molar-refractivity contribution in [1.82, 2.24) is 14.9 Å². The number of aromatic nitrogens is 2. The van der Waals surface area contributed by atoms with Gasteiger partial charge in [0.05, 0.1) is 20.3 Å². The Kier molecular flexibility index (Phi) is 15.3. The number of rotatable bonds is 18. The van der Waals surface area contributed by atoms with Crippen molar-refractivity contribution in [3.05, 3.63) is 189 Å². The first-order valence-electron chi connectivity index (χ1n) is 22.2. The topological polar surface area (TPSA) is 139 Å². The second-order valence-corrected chi connectivity index (χ2v) is 21.8. The molecule has 358 valence electrons. The Morgan fingerprint density at radius 1 is 0.721 bits per heavy atom. The molecule has 16 heteroatoms. The molecule has 7 rings (SSSR count). The average molecular weight is 952 g/mol. The van der Waals surface area contributed by atoms with Crippen molar-refractivity contribution in [3.8, 4) is 11.5 Å². The number of carbonyl (C=O) groups is 1. The van der Waals surface area contributed by atoms with E-state index in [0.29, 0.717) is 28.2 Å². The molecule has 6 aromatic rings. The summed E-state index contributed by atoms with van der Waals surface area (Å²) in [4.78, 5) is 40.7. The molecule has 1 aromatic heterocycles. The van der Waals surface area contributed by atoms with Crippen LogP contribution in [0.2, 0.25) is 5.04 Å². The maximum absolute atomic E-state index is 13.8. The zero-order valence-electron chi connectivity index (χ0n) is 38.7. The predicted octanol–water partition coefficient (Wildman–Crippen LogP) is 7.25. The van der Waals surface area contributed by atoms with Crippen molar-refractivity contribution >= 4 is 24.6 Å². The Balaban J connectivity index is 1.50. The third-order valence-electron chi connectivity index (χ3n) is 12.4. The minimum atomic E-state index is -5.10. The number of methoxy groups -OCH3 is 3. The molecule has 1 amide bonds. The van der Waals surface area contributed by atoms with Crippen LogP contribution in [0.3, 0.4) is 0 Å². The fourth-order valence-electron chi connectivity index (χ4n) is 9.25. The normalized spacial score (nSPS) is 18.2. The van der Waals surface area contributed by atoms with Gasteiger partial charge in [-0.25, -0.2) is 4.79 Å². The number of amides is 1. The Bertz CT molecular complexity index is 2610. The fraction of sp³-hybridized carbons (Fsp3) is 0.327. The Morgan fingerprint density at radius 3 is 1.68 bits per heavy atom. The summed E-state index contributed by atoms with van der Waals surface area (Å²) in [6.07, 6.45) is -9.39. The van der Waals surface area contributed by atoms with E-state index in [2.05, 4.69) is 25.8 Å². The first kappa shape index (κ1) is 49.6. The summed E-state index contributed by atoms with van der Waals surface area (Å²) < 4.78 is 82.2. The number of nitrogens with zero attached hydrogens (tertiary/aromatic N) is 1. The number of aromatic amines is 1. The van der Waals surface area contributed by atoms with Crippen LogP contribution in [0.25, 0.3) is 0 Å². The fourth-order valence-corrected chi connectivity index (χ4v) is 13.9. The van der Waals surface area contributed by atoms with E-state index >= 15 is 0 Å². The minimum Gasteiger partial charge on any atom is -0.497 e. The van der Waals surface area contributed by atoms with Crippen LogP contribution in [0.4, 0.5) is 13.2 Å². The summed E-state index contributed by atoms with van der Waals surface area (Å²) in [6.45, 7) is 5.97. The molecule has 0 saturated carbocycles. The lowest BCUT2D eigenvalue weighted by molar-refractivity contribution is -0.173. The monoisotopic (exact) mass is 951 g/mol. The first-order chi connectivity index (χ1) is 32.6. The molecule has 0 radical (unpaired) electrons. The summed E-state index contributed by atoms with van der Waals surface area (Å²) in [5.74, 6) is -0.915. The van der Waals surface area contributed by atoms with E-state index in [9.17, 15) is 27.6 Å². The molecule has 1 aliphatic rings. The maximum atomic E-state index is 13.8. The number of hydrogen-bond acceptors (Lipinski definition) is 9. The number of ether oxygens (including phenoxy) is 5. The summed E-state index contributed by atoms with van der Waals surface area (Å²) >= 11 is 0. The van der Waals surface area contributed by atoms with Gasteiger partial charge in [-0.05, 0) is 69.2 Å². The molecule has 12 nitrogen and oxygen atoms in total. The SMILES string of the molecule is COc1ccc(C(OC(CCCNC(=O)C(F)(F)F)[C@H]2O[C@H](n3ccc(=O)[nH]c3=O)[C@H](OC)[C@@H]2O[Si](c2ccccc2)(c2ccccc2)C(C)(C)C)(c2ccccc2)c2ccc(OC)cc2)cc1. The lowest BCUT2D eigenvalue weighted by Gasteiger charge is -2.47. The molecule has 1 fully saturated rings. The number of alkyl halides is 3. The highest BCUT2D eigenvalue weighted by molar-refractivity contribution is 6.99. The molecule has 1 unspecified atom stereocenters. The predicted molar refractivity (Wildman–Crippen MR) is 254 cm³/mol. The zero-order valence-corrected chi connectivity index (χ0v) is 39.7. The molecule has 1 aliphatic heterocycles. The largest absolute Gasteiger partial charge is 0.497 e. The van der Waals surface area contributed by atoms with Gasteiger partial charge in [0, 0.05) is 25.9 Å². The van der Waals surface area contributed by atoms with Crippen LogP contribution in [-0.2, 0) is 29.0 Å². The van der Waals surface area contributed by atoms with Gasteiger partial charge >= 0.3 is 17.8 Å². The Hall–Kier alpha value is -6.30. The van der Waals surface area contributed by atoms with Gasteiger partial charge in [0.15, 0.2) is 6.23 Å². The Morgan fingerprint density at radius 2 is 1.22 bits per heavy atom. The van der Waals surface area contributed by atoms with Gasteiger partial charge < -0.3 is 33.4 Å². The second-order valence-electron chi connectivity index (χ2n) is 17.5. The van der Waals surface area contributed by atoms with E-state index in [1.165, 1.54) is 23.9 Å². The number of benzene rings is 5. The standard InChI is InChI=1S/C52H56F3N3O9Si/c1-50(2,3)68(40-19-12-8-13-20-40,41-21-14-9-15-22-41)67-45-44(65-47(46(45)64-6)58-34-32-43(59)57-49(58)61)42(23-16-33-56-48(60)52(53,54)55)66-51(35-17-10-7-11-18-35,36-24-28-38(62-4)29-25-36)37-26-30-39(63-5)31-27-37/h7-15,17-22,24-32,34,42,44-47H,16,23,33H2,1-6H3,(H,56,60)(H,57,59,61)/t42?,44-,45-,46-,47+/m1/s1. The van der Waals surface area contributed by atoms with Crippen molar-refractivity contribution in [2.45, 2.75) is 81.1 Å². The van der Waals surface area contributed by atoms with E-state index in [-0.39, 0.29) is 19.4 Å². The number of H-pyrrole nitrogens is 1. The second kappa shape index (κ2) is 20.9. The first-order valence-corrected chi connectivity index (χ1v) is 24.1. The third kappa shape index (κ3) is 10.1. The van der Waals surface area contributed by atoms with Gasteiger partial charge in [-0.2, -0.15) is 13.2 Å². The summed E-state index contributed by atoms with van der Waals surface area (Å²) in [5.41, 5.74) is -0.876. The van der Waals surface area contributed by atoms with Crippen LogP contribution in [0.15, 0.2) is 161 Å². The number of hydrogen-bond donors (Lipinski definition) is 2. The highest BCUT2D eigenvalue weighted by Gasteiger charge is 2.59. The molecule has 5 aromatic carbocycles. The molecule has 0 spiro atoms. The van der Waals surface area contributed by atoms with Crippen LogP contribution in [0.5, 0.6) is 11.5 Å². The molecular weight excluding hydrogens is 896 g/mol. The van der Waals surface area contributed by atoms with E-state index in [1.807, 2.05) is 145 Å². The van der Waals surface area contributed by atoms with E-state index < -0.39 is 72.9 Å². The lowest BCUT2D eigenvalue weighted by Crippen LogP contribution is -2.69. The van der Waals surface area contributed by atoms with Gasteiger partial charge in [-0.15, -0.1) is 0 Å². The van der Waals surface area contributed by atoms with Crippen molar-refractivity contribution in [1.29, 1.82) is 0 Å². The van der Waals surface area contributed by atoms with E-state index in [1.54, 1.807) is 14.2 Å². The highest BCUT2D eigenvalue weighted by Crippen LogP contribution is 2.48. The summed E-state index contributed by atoms with van der Waals surface area (Å²) in [7, 11) is 1.07. The van der Waals surface area contributed by atoms with Crippen molar-refractivity contribution in [2.24, 2.45) is 0 Å². The van der Waals surface area contributed by atoms with Crippen LogP contribution < -0.4 is 36.4 Å². The van der Waals surface area contributed by atoms with Crippen LogP contribution >= 0.6 is 0 Å². The lowest BCUT2D eigenvalue weighted by atomic mass is 9.79. The van der Waals surface area contributed by atoms with Gasteiger partial charge in [-0.1, -0.05) is 136 Å². The van der Waals surface area contributed by atoms with Gasteiger partial charge in [0.2, 0.25) is 0 Å². The molecule has 68 heavy (non-hydrogen) atoms. The van der Waals surface area contributed by atoms with Crippen LogP contribution in [-0.4, -0.2) is 82.2 Å². The zero-order chi connectivity index (χ0) is 48.7. The van der Waals surface area contributed by atoms with Gasteiger partial charge in [0.25, 0.3) is 13.9 Å². The Labute approximate surface area is 394 Å². The highest BCUT2D eigenvalue weighted by atomic mass is 28.4. The van der Waals surface area contributed by atoms with E-state index in [0.717, 1.165) is 10.4 Å². The smallest absolute Gasteiger partial charge is 0.471 e. The molecule has 2 heterocycles. The minimum absolute atomic E-state index is 0.00597. The number of carbonyl (C=O) groups excluding carboxylic acids is 1. The van der Waals surface area contributed by atoms with Crippen LogP contribution in [0, 0.1) is 0 Å². The summed E-state index contributed by atoms with van der Waals surface area (Å²) in [5, 5.41) is 3.30. The van der Waals surface area contributed by atoms with Crippen LogP contribution in [0.1, 0.15) is 56.5 Å². The number of halogens is 3. The third-order valence-corrected chi connectivity index (χ3v) is 17.5. The summed E-state index contributed by atoms with van der Waals surface area (Å²) in [6, 6.07) is 45.2. The van der Waals surface area contributed by atoms with Crippen molar-refractivity contribution in [3.63, 3.8) is 0 Å². The quantitative estimate of drug-likeness (QED) is 0.0519. The number of nitrogens with one attached hydrogen (secondary N) is 2.